The smallest absolute Gasteiger partial charge is 0.251 e. The second-order valence-electron chi connectivity index (χ2n) is 9.51. The maximum Gasteiger partial charge on any atom is 0.251 e. The number of piperidine rings is 1. The Morgan fingerprint density at radius 1 is 1.22 bits per heavy atom. The number of aliphatic hydroxyl groups excluding tert-OH is 1. The zero-order chi connectivity index (χ0) is 23.9. The first-order valence-corrected chi connectivity index (χ1v) is 12.1. The van der Waals surface area contributed by atoms with Crippen LogP contribution in [0.1, 0.15) is 30.1 Å². The van der Waals surface area contributed by atoms with Gasteiger partial charge in [0.1, 0.15) is 17.9 Å². The SMILES string of the molecule is Cl.O=c1ccc2ncc(F)c3c2n1[C@H](CN1CC[C@H](NCc2cc4c(cn2)OCCC4)[C@H](O)C1)CO3. The molecule has 11 heteroatoms. The van der Waals surface area contributed by atoms with Gasteiger partial charge in [0.2, 0.25) is 0 Å². The molecule has 1 saturated heterocycles. The van der Waals surface area contributed by atoms with E-state index in [4.69, 9.17) is 9.47 Å². The van der Waals surface area contributed by atoms with Gasteiger partial charge < -0.3 is 19.9 Å². The number of rotatable bonds is 5. The number of β-amino-alcohol motifs (C(OH)–C–C–N with tert-alkyl or cyclic N) is 1. The molecule has 0 radical (unpaired) electrons. The van der Waals surface area contributed by atoms with Gasteiger partial charge >= 0.3 is 0 Å². The zero-order valence-corrected chi connectivity index (χ0v) is 20.5. The molecule has 36 heavy (non-hydrogen) atoms. The van der Waals surface area contributed by atoms with Crippen molar-refractivity contribution >= 4 is 23.4 Å². The van der Waals surface area contributed by atoms with Crippen LogP contribution in [0.4, 0.5) is 4.39 Å². The minimum Gasteiger partial charge on any atom is -0.492 e. The molecule has 1 fully saturated rings. The van der Waals surface area contributed by atoms with Crippen LogP contribution in [0, 0.1) is 5.82 Å². The minimum absolute atomic E-state index is 0. The summed E-state index contributed by atoms with van der Waals surface area (Å²) in [6, 6.07) is 4.80. The van der Waals surface area contributed by atoms with Crippen molar-refractivity contribution in [3.8, 4) is 11.5 Å². The summed E-state index contributed by atoms with van der Waals surface area (Å²) in [4.78, 5) is 23.4. The molecule has 192 valence electrons. The quantitative estimate of drug-likeness (QED) is 0.528. The summed E-state index contributed by atoms with van der Waals surface area (Å²) in [7, 11) is 0. The fourth-order valence-electron chi connectivity index (χ4n) is 5.39. The summed E-state index contributed by atoms with van der Waals surface area (Å²) in [5.41, 5.74) is 2.84. The van der Waals surface area contributed by atoms with Crippen LogP contribution >= 0.6 is 12.4 Å². The predicted octanol–water partition coefficient (Wildman–Crippen LogP) is 1.84. The highest BCUT2D eigenvalue weighted by Crippen LogP contribution is 2.33. The lowest BCUT2D eigenvalue weighted by Crippen LogP contribution is -2.54. The van der Waals surface area contributed by atoms with E-state index in [9.17, 15) is 14.3 Å². The number of pyridine rings is 3. The molecule has 6 rings (SSSR count). The van der Waals surface area contributed by atoms with Crippen molar-refractivity contribution in [3.63, 3.8) is 0 Å². The van der Waals surface area contributed by atoms with Crippen molar-refractivity contribution in [2.45, 2.75) is 44.0 Å². The largest absolute Gasteiger partial charge is 0.492 e. The number of hydrogen-bond acceptors (Lipinski definition) is 8. The normalized spacial score (nSPS) is 23.3. The van der Waals surface area contributed by atoms with E-state index in [1.807, 2.05) is 0 Å². The van der Waals surface area contributed by atoms with Crippen LogP contribution in [0.25, 0.3) is 11.0 Å². The van der Waals surface area contributed by atoms with Crippen molar-refractivity contribution in [3.05, 3.63) is 58.0 Å². The summed E-state index contributed by atoms with van der Waals surface area (Å²) < 4.78 is 27.2. The van der Waals surface area contributed by atoms with E-state index in [1.54, 1.807) is 16.8 Å². The van der Waals surface area contributed by atoms with E-state index in [0.717, 1.165) is 50.1 Å². The highest BCUT2D eigenvalue weighted by Gasteiger charge is 2.32. The number of likely N-dealkylation sites (tertiary alicyclic amines) is 1. The zero-order valence-electron chi connectivity index (χ0n) is 19.7. The molecular formula is C25H29ClFN5O4. The Morgan fingerprint density at radius 2 is 2.11 bits per heavy atom. The second kappa shape index (κ2) is 10.3. The first kappa shape index (κ1) is 24.9. The van der Waals surface area contributed by atoms with Crippen molar-refractivity contribution in [1.29, 1.82) is 0 Å². The molecule has 3 aromatic heterocycles. The van der Waals surface area contributed by atoms with E-state index in [0.29, 0.717) is 30.7 Å². The first-order chi connectivity index (χ1) is 17.1. The van der Waals surface area contributed by atoms with E-state index in [1.165, 1.54) is 11.6 Å². The predicted molar refractivity (Wildman–Crippen MR) is 133 cm³/mol. The molecule has 0 unspecified atom stereocenters. The third kappa shape index (κ3) is 4.66. The molecular weight excluding hydrogens is 489 g/mol. The average molecular weight is 518 g/mol. The Balaban J connectivity index is 0.00000267. The highest BCUT2D eigenvalue weighted by molar-refractivity contribution is 5.85. The molecule has 3 aliphatic heterocycles. The van der Waals surface area contributed by atoms with Crippen LogP contribution in [0.2, 0.25) is 0 Å². The van der Waals surface area contributed by atoms with E-state index in [2.05, 4.69) is 26.3 Å². The van der Waals surface area contributed by atoms with Crippen LogP contribution < -0.4 is 20.3 Å². The van der Waals surface area contributed by atoms with Gasteiger partial charge in [0.05, 0.1) is 42.4 Å². The van der Waals surface area contributed by atoms with Gasteiger partial charge in [-0.25, -0.2) is 4.39 Å². The van der Waals surface area contributed by atoms with Crippen molar-refractivity contribution < 1.29 is 19.0 Å². The molecule has 0 spiro atoms. The lowest BCUT2D eigenvalue weighted by atomic mass is 10.0. The maximum absolute atomic E-state index is 14.3. The van der Waals surface area contributed by atoms with Gasteiger partial charge in [-0.15, -0.1) is 12.4 Å². The van der Waals surface area contributed by atoms with Gasteiger partial charge in [0, 0.05) is 31.7 Å². The van der Waals surface area contributed by atoms with Crippen LogP contribution in [0.5, 0.6) is 11.5 Å². The van der Waals surface area contributed by atoms with Gasteiger partial charge in [-0.1, -0.05) is 0 Å². The summed E-state index contributed by atoms with van der Waals surface area (Å²) in [6.45, 7) is 3.26. The lowest BCUT2D eigenvalue weighted by Gasteiger charge is -2.39. The Morgan fingerprint density at radius 3 is 2.97 bits per heavy atom. The van der Waals surface area contributed by atoms with Crippen molar-refractivity contribution in [2.24, 2.45) is 0 Å². The number of ether oxygens (including phenoxy) is 2. The molecule has 0 bridgehead atoms. The number of aromatic nitrogens is 3. The summed E-state index contributed by atoms with van der Waals surface area (Å²) in [5, 5.41) is 14.3. The monoisotopic (exact) mass is 517 g/mol. The first-order valence-electron chi connectivity index (χ1n) is 12.1. The molecule has 0 aromatic carbocycles. The lowest BCUT2D eigenvalue weighted by molar-refractivity contribution is 0.0294. The van der Waals surface area contributed by atoms with Gasteiger partial charge in [-0.05, 0) is 43.5 Å². The maximum atomic E-state index is 14.3. The summed E-state index contributed by atoms with van der Waals surface area (Å²) >= 11 is 0. The third-order valence-corrected chi connectivity index (χ3v) is 7.17. The van der Waals surface area contributed by atoms with Gasteiger partial charge in [0.15, 0.2) is 11.6 Å². The van der Waals surface area contributed by atoms with E-state index < -0.39 is 11.9 Å². The average Bonchev–Trinajstić information content (AvgIpc) is 2.87. The molecule has 3 atom stereocenters. The molecule has 2 N–H and O–H groups in total. The van der Waals surface area contributed by atoms with Crippen molar-refractivity contribution in [2.75, 3.05) is 32.8 Å². The Bertz CT molecular complexity index is 1320. The van der Waals surface area contributed by atoms with Gasteiger partial charge in [0.25, 0.3) is 5.56 Å². The minimum atomic E-state index is -0.571. The number of fused-ring (bicyclic) bond motifs is 1. The van der Waals surface area contributed by atoms with Crippen LogP contribution in [0.3, 0.4) is 0 Å². The standard InChI is InChI=1S/C25H28FN5O4.ClH/c26-18-10-29-20-3-4-23(33)31-17(14-35-25(18)24(20)31)12-30-6-5-19(21(32)13-30)28-9-16-8-15-2-1-7-34-22(15)11-27-16;/h3-4,8,10-11,17,19,21,28,32H,1-2,5-7,9,12-14H2;1H/t17-,19+,21-;/m1./s1. The molecule has 3 aromatic rings. The Labute approximate surface area is 213 Å². The molecule has 9 nitrogen and oxygen atoms in total. The van der Waals surface area contributed by atoms with Crippen LogP contribution in [-0.2, 0) is 13.0 Å². The Hall–Kier alpha value is -2.79. The number of halogens is 2. The van der Waals surface area contributed by atoms with E-state index >= 15 is 0 Å². The van der Waals surface area contributed by atoms with Crippen LogP contribution in [-0.4, -0.2) is 69.5 Å². The summed E-state index contributed by atoms with van der Waals surface area (Å²) in [5.74, 6) is 0.378. The topological polar surface area (TPSA) is 102 Å². The number of aryl methyl sites for hydroxylation is 1. The fourth-order valence-corrected chi connectivity index (χ4v) is 5.39. The second-order valence-corrected chi connectivity index (χ2v) is 9.51. The number of nitrogens with one attached hydrogen (secondary N) is 1. The fraction of sp³-hybridized carbons (Fsp3) is 0.480. The molecule has 0 amide bonds. The number of aliphatic hydroxyl groups is 1. The number of hydrogen-bond donors (Lipinski definition) is 2. The van der Waals surface area contributed by atoms with Gasteiger partial charge in [-0.3, -0.25) is 24.2 Å². The number of nitrogens with zero attached hydrogens (tertiary/aromatic N) is 4. The molecule has 6 heterocycles. The molecule has 0 saturated carbocycles. The molecule has 0 aliphatic carbocycles. The van der Waals surface area contributed by atoms with Crippen LogP contribution in [0.15, 0.2) is 35.4 Å². The van der Waals surface area contributed by atoms with E-state index in [-0.39, 0.29) is 42.4 Å². The summed E-state index contributed by atoms with van der Waals surface area (Å²) in [6.07, 6.45) is 5.13. The highest BCUT2D eigenvalue weighted by atomic mass is 35.5. The van der Waals surface area contributed by atoms with Gasteiger partial charge in [-0.2, -0.15) is 0 Å². The third-order valence-electron chi connectivity index (χ3n) is 7.17. The molecule has 3 aliphatic rings. The Kier molecular flexibility index (Phi) is 7.11. The van der Waals surface area contributed by atoms with Crippen molar-refractivity contribution in [1.82, 2.24) is 24.8 Å².